The zero-order valence-corrected chi connectivity index (χ0v) is 10.9. The third-order valence-corrected chi connectivity index (χ3v) is 3.85. The summed E-state index contributed by atoms with van der Waals surface area (Å²) in [5, 5.41) is 0. The minimum Gasteiger partial charge on any atom is -0.492 e. The zero-order valence-electron chi connectivity index (χ0n) is 8.74. The molecule has 0 spiro atoms. The van der Waals surface area contributed by atoms with Crippen LogP contribution in [0.2, 0.25) is 0 Å². The van der Waals surface area contributed by atoms with E-state index in [-0.39, 0.29) is 13.2 Å². The number of quaternary nitrogens is 1. The fraction of sp³-hybridized carbons (Fsp3) is 0.400. The van der Waals surface area contributed by atoms with Gasteiger partial charge in [0.1, 0.15) is 25.0 Å². The molecule has 16 heavy (non-hydrogen) atoms. The topological polar surface area (TPSA) is 55.3 Å². The van der Waals surface area contributed by atoms with Crippen molar-refractivity contribution in [3.63, 3.8) is 0 Å². The molecule has 1 aromatic carbocycles. The van der Waals surface area contributed by atoms with Crippen LogP contribution in [0, 0.1) is 3.57 Å². The lowest BCUT2D eigenvalue weighted by molar-refractivity contribution is -0.383. The van der Waals surface area contributed by atoms with Crippen LogP contribution in [0.4, 0.5) is 0 Å². The molecule has 3 rings (SSSR count). The molecule has 2 aliphatic heterocycles. The second kappa shape index (κ2) is 4.17. The molecule has 0 saturated heterocycles. The molecule has 3 N–H and O–H groups in total. The molecule has 2 heterocycles. The standard InChI is InChI=1S/C10H11BINO3/c12-6-1-2-7-10-9(6)8(5-13)16-11(10)15-4-3-14-7/h1-2,8H,3-5,13H2/p+1. The first-order valence-corrected chi connectivity index (χ1v) is 6.40. The smallest absolute Gasteiger partial charge is 0.492 e. The van der Waals surface area contributed by atoms with Crippen LogP contribution in [0.15, 0.2) is 12.1 Å². The van der Waals surface area contributed by atoms with Crippen molar-refractivity contribution in [2.24, 2.45) is 0 Å². The SMILES string of the molecule is [NH3+]CC1OB2OCCOc3ccc(I)c1c32. The molecule has 6 heteroatoms. The summed E-state index contributed by atoms with van der Waals surface area (Å²) in [7, 11) is -0.269. The Balaban J connectivity index is 2.17. The van der Waals surface area contributed by atoms with Gasteiger partial charge in [-0.2, -0.15) is 0 Å². The third-order valence-electron chi connectivity index (χ3n) is 2.91. The molecule has 2 aliphatic rings. The molecular weight excluding hydrogens is 320 g/mol. The maximum atomic E-state index is 5.85. The molecule has 4 nitrogen and oxygen atoms in total. The van der Waals surface area contributed by atoms with Crippen LogP contribution in [0.3, 0.4) is 0 Å². The lowest BCUT2D eigenvalue weighted by Crippen LogP contribution is -2.53. The fourth-order valence-corrected chi connectivity index (χ4v) is 3.03. The average Bonchev–Trinajstić information content (AvgIpc) is 2.55. The van der Waals surface area contributed by atoms with E-state index < -0.39 is 0 Å². The van der Waals surface area contributed by atoms with Crippen molar-refractivity contribution in [3.05, 3.63) is 21.3 Å². The Kier molecular flexibility index (Phi) is 2.82. The second-order valence-corrected chi connectivity index (χ2v) is 5.00. The molecule has 0 aliphatic carbocycles. The minimum absolute atomic E-state index is 0.0357. The molecule has 0 aromatic heterocycles. The Labute approximate surface area is 108 Å². The third kappa shape index (κ3) is 1.55. The van der Waals surface area contributed by atoms with E-state index in [9.17, 15) is 0 Å². The highest BCUT2D eigenvalue weighted by molar-refractivity contribution is 14.1. The van der Waals surface area contributed by atoms with E-state index in [0.29, 0.717) is 19.8 Å². The van der Waals surface area contributed by atoms with Crippen LogP contribution >= 0.6 is 22.6 Å². The molecule has 1 atom stereocenters. The summed E-state index contributed by atoms with van der Waals surface area (Å²) in [6, 6.07) is 4.06. The van der Waals surface area contributed by atoms with Gasteiger partial charge < -0.3 is 19.8 Å². The van der Waals surface area contributed by atoms with Crippen LogP contribution in [-0.4, -0.2) is 26.9 Å². The van der Waals surface area contributed by atoms with Crippen molar-refractivity contribution >= 4 is 35.2 Å². The van der Waals surface area contributed by atoms with E-state index in [4.69, 9.17) is 14.0 Å². The highest BCUT2D eigenvalue weighted by atomic mass is 127. The largest absolute Gasteiger partial charge is 0.498 e. The first-order valence-electron chi connectivity index (χ1n) is 5.32. The average molecular weight is 332 g/mol. The van der Waals surface area contributed by atoms with Crippen LogP contribution in [0.25, 0.3) is 0 Å². The number of benzene rings is 1. The Morgan fingerprint density at radius 1 is 1.44 bits per heavy atom. The first-order chi connectivity index (χ1) is 7.81. The molecular formula is C10H12BINO3+. The molecule has 0 bridgehead atoms. The Morgan fingerprint density at radius 2 is 2.31 bits per heavy atom. The van der Waals surface area contributed by atoms with Gasteiger partial charge in [-0.15, -0.1) is 0 Å². The Bertz CT molecular complexity index is 429. The number of hydrogen-bond donors (Lipinski definition) is 1. The van der Waals surface area contributed by atoms with E-state index in [0.717, 1.165) is 11.2 Å². The summed E-state index contributed by atoms with van der Waals surface area (Å²) in [5.41, 5.74) is 6.19. The van der Waals surface area contributed by atoms with Gasteiger partial charge in [0, 0.05) is 14.6 Å². The fourth-order valence-electron chi connectivity index (χ4n) is 2.21. The van der Waals surface area contributed by atoms with Gasteiger partial charge in [-0.25, -0.2) is 0 Å². The van der Waals surface area contributed by atoms with Crippen LogP contribution in [-0.2, 0) is 9.31 Å². The van der Waals surface area contributed by atoms with Gasteiger partial charge in [0.15, 0.2) is 0 Å². The lowest BCUT2D eigenvalue weighted by Gasteiger charge is -2.11. The molecule has 1 unspecified atom stereocenters. The zero-order chi connectivity index (χ0) is 11.1. The normalized spacial score (nSPS) is 22.6. The number of hydrogen-bond acceptors (Lipinski definition) is 3. The number of halogens is 1. The van der Waals surface area contributed by atoms with Gasteiger partial charge in [0.25, 0.3) is 0 Å². The van der Waals surface area contributed by atoms with Gasteiger partial charge in [0.05, 0.1) is 6.61 Å². The van der Waals surface area contributed by atoms with Crippen LogP contribution in [0.1, 0.15) is 11.7 Å². The number of ether oxygens (including phenoxy) is 1. The Morgan fingerprint density at radius 3 is 3.12 bits per heavy atom. The lowest BCUT2D eigenvalue weighted by atomic mass is 9.78. The van der Waals surface area contributed by atoms with E-state index >= 15 is 0 Å². The van der Waals surface area contributed by atoms with E-state index in [1.165, 1.54) is 9.13 Å². The highest BCUT2D eigenvalue weighted by Crippen LogP contribution is 2.32. The quantitative estimate of drug-likeness (QED) is 0.568. The summed E-state index contributed by atoms with van der Waals surface area (Å²) in [6.07, 6.45) is 0.0357. The molecule has 1 aromatic rings. The molecule has 0 fully saturated rings. The van der Waals surface area contributed by atoms with Crippen molar-refractivity contribution in [1.29, 1.82) is 0 Å². The van der Waals surface area contributed by atoms with Gasteiger partial charge in [-0.05, 0) is 34.7 Å². The van der Waals surface area contributed by atoms with E-state index in [1.807, 2.05) is 6.07 Å². The van der Waals surface area contributed by atoms with Crippen LogP contribution in [0.5, 0.6) is 5.75 Å². The second-order valence-electron chi connectivity index (χ2n) is 3.84. The van der Waals surface area contributed by atoms with Crippen molar-refractivity contribution in [2.45, 2.75) is 6.10 Å². The van der Waals surface area contributed by atoms with Crippen molar-refractivity contribution in [2.75, 3.05) is 19.8 Å². The molecule has 0 saturated carbocycles. The molecule has 0 radical (unpaired) electrons. The maximum absolute atomic E-state index is 5.85. The van der Waals surface area contributed by atoms with Gasteiger partial charge in [0.2, 0.25) is 0 Å². The summed E-state index contributed by atoms with van der Waals surface area (Å²) < 4.78 is 18.3. The van der Waals surface area contributed by atoms with Gasteiger partial charge in [-0.3, -0.25) is 0 Å². The van der Waals surface area contributed by atoms with E-state index in [2.05, 4.69) is 34.4 Å². The summed E-state index contributed by atoms with van der Waals surface area (Å²) in [6.45, 7) is 1.87. The Hall–Kier alpha value is -0.305. The number of rotatable bonds is 1. The summed E-state index contributed by atoms with van der Waals surface area (Å²) >= 11 is 2.33. The highest BCUT2D eigenvalue weighted by Gasteiger charge is 2.42. The van der Waals surface area contributed by atoms with Crippen molar-refractivity contribution in [3.8, 4) is 5.75 Å². The predicted molar refractivity (Wildman–Crippen MR) is 67.6 cm³/mol. The van der Waals surface area contributed by atoms with Crippen LogP contribution < -0.4 is 15.9 Å². The first kappa shape index (κ1) is 10.8. The minimum atomic E-state index is -0.269. The molecule has 0 amide bonds. The summed E-state index contributed by atoms with van der Waals surface area (Å²) in [5.74, 6) is 0.897. The summed E-state index contributed by atoms with van der Waals surface area (Å²) in [4.78, 5) is 0. The monoisotopic (exact) mass is 332 g/mol. The maximum Gasteiger partial charge on any atom is 0.498 e. The predicted octanol–water partition coefficient (Wildman–Crippen LogP) is -0.291. The van der Waals surface area contributed by atoms with Gasteiger partial charge >= 0.3 is 7.12 Å². The van der Waals surface area contributed by atoms with Gasteiger partial charge in [-0.1, -0.05) is 0 Å². The van der Waals surface area contributed by atoms with Crippen molar-refractivity contribution in [1.82, 2.24) is 0 Å². The molecule has 84 valence electrons. The van der Waals surface area contributed by atoms with E-state index in [1.54, 1.807) is 0 Å². The van der Waals surface area contributed by atoms with Crippen molar-refractivity contribution < 1.29 is 19.8 Å².